The molecule has 11 heteroatoms. The zero-order valence-corrected chi connectivity index (χ0v) is 19.2. The van der Waals surface area contributed by atoms with E-state index in [1.165, 1.54) is 30.0 Å². The molecular formula is C21H21ClN4O5S. The number of thioether (sulfide) groups is 1. The van der Waals surface area contributed by atoms with Gasteiger partial charge in [0, 0.05) is 7.05 Å². The zero-order chi connectivity index (χ0) is 23.3. The van der Waals surface area contributed by atoms with Crippen LogP contribution in [0.4, 0.5) is 5.69 Å². The quantitative estimate of drug-likeness (QED) is 0.448. The van der Waals surface area contributed by atoms with Gasteiger partial charge in [-0.1, -0.05) is 29.4 Å². The molecule has 0 aliphatic heterocycles. The molecule has 0 aliphatic carbocycles. The van der Waals surface area contributed by atoms with Crippen molar-refractivity contribution in [2.75, 3.05) is 18.2 Å². The molecule has 0 atom stereocenters. The summed E-state index contributed by atoms with van der Waals surface area (Å²) in [6.45, 7) is 2.14. The minimum atomic E-state index is -1.11. The molecule has 1 aromatic heterocycles. The van der Waals surface area contributed by atoms with Crippen LogP contribution in [0.5, 0.6) is 11.5 Å². The SMILES string of the molecule is COc1cc(C)ccc1OCc1nnc(SCC(=O)Nc2cc(C(=O)O)ccc2Cl)n1C. The molecule has 9 nitrogen and oxygen atoms in total. The fourth-order valence-electron chi connectivity index (χ4n) is 2.70. The van der Waals surface area contributed by atoms with Crippen LogP contribution in [0.1, 0.15) is 21.7 Å². The Morgan fingerprint density at radius 3 is 2.69 bits per heavy atom. The average molecular weight is 477 g/mol. The molecule has 3 aromatic rings. The van der Waals surface area contributed by atoms with Gasteiger partial charge in [-0.3, -0.25) is 4.79 Å². The molecule has 0 aliphatic rings. The number of carboxylic acid groups (broad SMARTS) is 1. The first-order valence-corrected chi connectivity index (χ1v) is 10.8. The number of nitrogens with one attached hydrogen (secondary N) is 1. The maximum Gasteiger partial charge on any atom is 0.335 e. The van der Waals surface area contributed by atoms with E-state index in [-0.39, 0.29) is 34.5 Å². The summed E-state index contributed by atoms with van der Waals surface area (Å²) in [4.78, 5) is 23.4. The van der Waals surface area contributed by atoms with Crippen LogP contribution in [0.2, 0.25) is 5.02 Å². The molecule has 0 saturated carbocycles. The molecule has 1 amide bonds. The molecule has 0 bridgehead atoms. The molecule has 1 heterocycles. The molecule has 2 N–H and O–H groups in total. The number of carbonyl (C=O) groups excluding carboxylic acids is 1. The number of amides is 1. The standard InChI is InChI=1S/C21H21ClN4O5S/c1-12-4-7-16(17(8-12)30-3)31-10-18-24-25-21(26(18)2)32-11-19(27)23-15-9-13(20(28)29)5-6-14(15)22/h4-9H,10-11H2,1-3H3,(H,23,27)(H,28,29). The van der Waals surface area contributed by atoms with Crippen LogP contribution in [0.15, 0.2) is 41.6 Å². The Morgan fingerprint density at radius 1 is 1.19 bits per heavy atom. The summed E-state index contributed by atoms with van der Waals surface area (Å²) in [5.41, 5.74) is 1.32. The number of nitrogens with zero attached hydrogens (tertiary/aromatic N) is 3. The summed E-state index contributed by atoms with van der Waals surface area (Å²) in [5.74, 6) is 0.368. The topological polar surface area (TPSA) is 116 Å². The Hall–Kier alpha value is -3.24. The maximum atomic E-state index is 12.3. The number of ether oxygens (including phenoxy) is 2. The van der Waals surface area contributed by atoms with Gasteiger partial charge in [-0.25, -0.2) is 4.79 Å². The minimum absolute atomic E-state index is 0.0282. The number of aryl methyl sites for hydroxylation is 1. The van der Waals surface area contributed by atoms with E-state index in [4.69, 9.17) is 26.2 Å². The first-order valence-electron chi connectivity index (χ1n) is 9.39. The number of aromatic nitrogens is 3. The second-order valence-corrected chi connectivity index (χ2v) is 8.09. The van der Waals surface area contributed by atoms with Gasteiger partial charge >= 0.3 is 5.97 Å². The van der Waals surface area contributed by atoms with Crippen molar-refractivity contribution in [3.8, 4) is 11.5 Å². The summed E-state index contributed by atoms with van der Waals surface area (Å²) in [7, 11) is 3.35. The highest BCUT2D eigenvalue weighted by Crippen LogP contribution is 2.29. The van der Waals surface area contributed by atoms with E-state index in [0.717, 1.165) is 5.56 Å². The first-order chi connectivity index (χ1) is 15.3. The number of rotatable bonds is 9. The average Bonchev–Trinajstić information content (AvgIpc) is 3.12. The van der Waals surface area contributed by atoms with E-state index in [9.17, 15) is 9.59 Å². The van der Waals surface area contributed by atoms with E-state index in [1.807, 2.05) is 25.1 Å². The van der Waals surface area contributed by atoms with Crippen molar-refractivity contribution in [1.29, 1.82) is 0 Å². The monoisotopic (exact) mass is 476 g/mol. The van der Waals surface area contributed by atoms with E-state index in [0.29, 0.717) is 22.5 Å². The smallest absolute Gasteiger partial charge is 0.335 e. The summed E-state index contributed by atoms with van der Waals surface area (Å²) in [6, 6.07) is 9.73. The lowest BCUT2D eigenvalue weighted by atomic mass is 10.2. The highest BCUT2D eigenvalue weighted by molar-refractivity contribution is 7.99. The number of methoxy groups -OCH3 is 1. The summed E-state index contributed by atoms with van der Waals surface area (Å²) >= 11 is 7.22. The second-order valence-electron chi connectivity index (χ2n) is 6.74. The van der Waals surface area contributed by atoms with Gasteiger partial charge in [0.15, 0.2) is 22.5 Å². The van der Waals surface area contributed by atoms with Crippen LogP contribution in [0.3, 0.4) is 0 Å². The van der Waals surface area contributed by atoms with Crippen molar-refractivity contribution in [3.63, 3.8) is 0 Å². The van der Waals surface area contributed by atoms with Crippen molar-refractivity contribution in [1.82, 2.24) is 14.8 Å². The summed E-state index contributed by atoms with van der Waals surface area (Å²) in [5, 5.41) is 20.7. The lowest BCUT2D eigenvalue weighted by Gasteiger charge is -2.11. The Balaban J connectivity index is 1.59. The van der Waals surface area contributed by atoms with Gasteiger partial charge in [-0.05, 0) is 42.8 Å². The molecule has 0 unspecified atom stereocenters. The molecule has 2 aromatic carbocycles. The normalized spacial score (nSPS) is 10.6. The predicted molar refractivity (Wildman–Crippen MR) is 121 cm³/mol. The third-order valence-corrected chi connectivity index (χ3v) is 5.77. The Bertz CT molecular complexity index is 1150. The lowest BCUT2D eigenvalue weighted by Crippen LogP contribution is -2.15. The highest BCUT2D eigenvalue weighted by Gasteiger charge is 2.15. The molecule has 0 saturated heterocycles. The van der Waals surface area contributed by atoms with Gasteiger partial charge in [0.2, 0.25) is 5.91 Å². The second kappa shape index (κ2) is 10.4. The van der Waals surface area contributed by atoms with Crippen molar-refractivity contribution in [2.24, 2.45) is 7.05 Å². The van der Waals surface area contributed by atoms with Gasteiger partial charge < -0.3 is 24.5 Å². The molecular weight excluding hydrogens is 456 g/mol. The number of aromatic carboxylic acids is 1. The van der Waals surface area contributed by atoms with Crippen LogP contribution in [-0.2, 0) is 18.4 Å². The van der Waals surface area contributed by atoms with E-state index in [1.54, 1.807) is 18.7 Å². The minimum Gasteiger partial charge on any atom is -0.493 e. The largest absolute Gasteiger partial charge is 0.493 e. The van der Waals surface area contributed by atoms with Gasteiger partial charge in [0.1, 0.15) is 6.61 Å². The third-order valence-electron chi connectivity index (χ3n) is 4.42. The number of carboxylic acids is 1. The van der Waals surface area contributed by atoms with E-state index >= 15 is 0 Å². The third kappa shape index (κ3) is 5.71. The number of hydrogen-bond donors (Lipinski definition) is 2. The van der Waals surface area contributed by atoms with Crippen LogP contribution in [0, 0.1) is 6.92 Å². The number of hydrogen-bond acceptors (Lipinski definition) is 7. The molecule has 168 valence electrons. The van der Waals surface area contributed by atoms with Crippen LogP contribution < -0.4 is 14.8 Å². The number of halogens is 1. The molecule has 0 radical (unpaired) electrons. The van der Waals surface area contributed by atoms with Gasteiger partial charge in [-0.15, -0.1) is 10.2 Å². The number of carbonyl (C=O) groups is 2. The zero-order valence-electron chi connectivity index (χ0n) is 17.6. The molecule has 0 spiro atoms. The van der Waals surface area contributed by atoms with Gasteiger partial charge in [0.25, 0.3) is 0 Å². The van der Waals surface area contributed by atoms with Crippen molar-refractivity contribution in [3.05, 3.63) is 58.4 Å². The lowest BCUT2D eigenvalue weighted by molar-refractivity contribution is -0.113. The first kappa shape index (κ1) is 23.4. The van der Waals surface area contributed by atoms with Crippen LogP contribution in [-0.4, -0.2) is 44.6 Å². The predicted octanol–water partition coefficient (Wildman–Crippen LogP) is 3.79. The fraction of sp³-hybridized carbons (Fsp3) is 0.238. The van der Waals surface area contributed by atoms with E-state index in [2.05, 4.69) is 15.5 Å². The molecule has 3 rings (SSSR count). The Morgan fingerprint density at radius 2 is 1.97 bits per heavy atom. The highest BCUT2D eigenvalue weighted by atomic mass is 35.5. The fourth-order valence-corrected chi connectivity index (χ4v) is 3.60. The van der Waals surface area contributed by atoms with Gasteiger partial charge in [-0.2, -0.15) is 0 Å². The molecule has 0 fully saturated rings. The summed E-state index contributed by atoms with van der Waals surface area (Å²) < 4.78 is 12.9. The van der Waals surface area contributed by atoms with Gasteiger partial charge in [0.05, 0.1) is 29.1 Å². The van der Waals surface area contributed by atoms with Crippen LogP contribution >= 0.6 is 23.4 Å². The number of benzene rings is 2. The van der Waals surface area contributed by atoms with Crippen molar-refractivity contribution < 1.29 is 24.2 Å². The van der Waals surface area contributed by atoms with Crippen molar-refractivity contribution >= 4 is 40.9 Å². The van der Waals surface area contributed by atoms with Crippen LogP contribution in [0.25, 0.3) is 0 Å². The Kier molecular flexibility index (Phi) is 7.60. The van der Waals surface area contributed by atoms with Crippen molar-refractivity contribution in [2.45, 2.75) is 18.7 Å². The number of anilines is 1. The summed E-state index contributed by atoms with van der Waals surface area (Å²) in [6.07, 6.45) is 0. The Labute approximate surface area is 193 Å². The van der Waals surface area contributed by atoms with E-state index < -0.39 is 5.97 Å². The molecule has 32 heavy (non-hydrogen) atoms. The maximum absolute atomic E-state index is 12.3.